The fourth-order valence-corrected chi connectivity index (χ4v) is 3.59. The van der Waals surface area contributed by atoms with Crippen LogP contribution in [0.2, 0.25) is 10.0 Å². The van der Waals surface area contributed by atoms with Crippen molar-refractivity contribution in [2.45, 2.75) is 31.5 Å². The summed E-state index contributed by atoms with van der Waals surface area (Å²) in [7, 11) is 0. The Morgan fingerprint density at radius 3 is 2.80 bits per heavy atom. The van der Waals surface area contributed by atoms with Gasteiger partial charge in [0.1, 0.15) is 23.1 Å². The molecule has 0 radical (unpaired) electrons. The molecule has 156 valence electrons. The van der Waals surface area contributed by atoms with Crippen LogP contribution < -0.4 is 4.74 Å². The number of ether oxygens (including phenoxy) is 1. The molecule has 0 amide bonds. The van der Waals surface area contributed by atoms with Crippen molar-refractivity contribution in [3.05, 3.63) is 74.4 Å². The van der Waals surface area contributed by atoms with Crippen molar-refractivity contribution in [3.8, 4) is 5.75 Å². The average molecular weight is 464 g/mol. The van der Waals surface area contributed by atoms with E-state index in [2.05, 4.69) is 15.2 Å². The van der Waals surface area contributed by atoms with E-state index in [1.54, 1.807) is 42.5 Å². The maximum atomic E-state index is 11.7. The van der Waals surface area contributed by atoms with E-state index >= 15 is 0 Å². The van der Waals surface area contributed by atoms with Crippen LogP contribution in [0.4, 0.5) is 0 Å². The molecule has 0 bridgehead atoms. The van der Waals surface area contributed by atoms with Gasteiger partial charge in [0.15, 0.2) is 0 Å². The van der Waals surface area contributed by atoms with Crippen LogP contribution in [0.5, 0.6) is 5.75 Å². The number of hydrogen-bond donors (Lipinski definition) is 2. The Hall–Kier alpha value is -2.48. The van der Waals surface area contributed by atoms with E-state index in [0.29, 0.717) is 33.1 Å². The minimum Gasteiger partial charge on any atom is -0.489 e. The van der Waals surface area contributed by atoms with Crippen molar-refractivity contribution < 1.29 is 14.6 Å². The Morgan fingerprint density at radius 2 is 2.07 bits per heavy atom. The van der Waals surface area contributed by atoms with Crippen molar-refractivity contribution >= 4 is 47.0 Å². The Bertz CT molecular complexity index is 1070. The third kappa shape index (κ3) is 6.26. The van der Waals surface area contributed by atoms with Crippen molar-refractivity contribution in [1.82, 2.24) is 15.2 Å². The van der Waals surface area contributed by atoms with Gasteiger partial charge in [0.25, 0.3) is 0 Å². The van der Waals surface area contributed by atoms with Crippen LogP contribution in [-0.2, 0) is 17.8 Å². The van der Waals surface area contributed by atoms with E-state index in [0.717, 1.165) is 36.0 Å². The summed E-state index contributed by atoms with van der Waals surface area (Å²) in [6, 6.07) is 12.5. The first kappa shape index (κ1) is 22.2. The fraction of sp³-hybridized carbons (Fsp3) is 0.190. The highest BCUT2D eigenvalue weighted by Gasteiger charge is 2.14. The van der Waals surface area contributed by atoms with Gasteiger partial charge >= 0.3 is 5.97 Å². The number of nitrogens with one attached hydrogen (secondary N) is 1. The Labute approximate surface area is 188 Å². The molecule has 2 aromatic carbocycles. The first-order chi connectivity index (χ1) is 14.4. The first-order valence-electron chi connectivity index (χ1n) is 9.15. The molecule has 0 aliphatic heterocycles. The monoisotopic (exact) mass is 463 g/mol. The minimum absolute atomic E-state index is 0.110. The molecule has 9 heteroatoms. The second-order valence-electron chi connectivity index (χ2n) is 6.34. The molecule has 0 aliphatic rings. The first-order valence-corrected chi connectivity index (χ1v) is 10.7. The lowest BCUT2D eigenvalue weighted by molar-refractivity contribution is -0.131. The van der Waals surface area contributed by atoms with Gasteiger partial charge in [0.2, 0.25) is 5.16 Å². The second kappa shape index (κ2) is 10.5. The number of aromatic amines is 1. The highest BCUT2D eigenvalue weighted by Crippen LogP contribution is 2.27. The maximum absolute atomic E-state index is 11.7. The van der Waals surface area contributed by atoms with Gasteiger partial charge in [-0.15, -0.1) is 5.10 Å². The number of aromatic nitrogens is 3. The number of aryl methyl sites for hydroxylation is 1. The van der Waals surface area contributed by atoms with E-state index in [1.807, 2.05) is 13.0 Å². The number of hydrogen-bond acceptors (Lipinski definition) is 5. The molecule has 1 heterocycles. The Kier molecular flexibility index (Phi) is 7.79. The smallest absolute Gasteiger partial charge is 0.342 e. The van der Waals surface area contributed by atoms with Gasteiger partial charge in [-0.05, 0) is 59.7 Å². The van der Waals surface area contributed by atoms with Crippen LogP contribution in [0, 0.1) is 0 Å². The molecule has 2 N–H and O–H groups in total. The summed E-state index contributed by atoms with van der Waals surface area (Å²) in [6.45, 7) is 2.34. The SMILES string of the molecule is CCCc1nc(SC(=Cc2cccc(OCc3ccc(Cl)c(Cl)c3)c2)C(=O)O)n[nH]1. The number of H-pyrrole nitrogens is 1. The molecule has 3 rings (SSSR count). The molecule has 0 fully saturated rings. The number of halogens is 2. The molecular weight excluding hydrogens is 445 g/mol. The summed E-state index contributed by atoms with van der Waals surface area (Å²) in [5, 5.41) is 17.8. The molecule has 0 aliphatic carbocycles. The van der Waals surface area contributed by atoms with E-state index in [1.165, 1.54) is 0 Å². The third-order valence-electron chi connectivity index (χ3n) is 3.96. The van der Waals surface area contributed by atoms with Gasteiger partial charge in [-0.1, -0.05) is 48.3 Å². The molecule has 0 saturated heterocycles. The number of aliphatic carboxylic acids is 1. The molecule has 0 atom stereocenters. The van der Waals surface area contributed by atoms with Crippen LogP contribution >= 0.6 is 35.0 Å². The van der Waals surface area contributed by atoms with Crippen molar-refractivity contribution in [3.63, 3.8) is 0 Å². The van der Waals surface area contributed by atoms with Gasteiger partial charge < -0.3 is 9.84 Å². The fourth-order valence-electron chi connectivity index (χ4n) is 2.55. The number of carboxylic acids is 1. The normalized spacial score (nSPS) is 11.5. The predicted molar refractivity (Wildman–Crippen MR) is 119 cm³/mol. The molecule has 1 aromatic heterocycles. The van der Waals surface area contributed by atoms with E-state index in [-0.39, 0.29) is 4.91 Å². The zero-order valence-corrected chi connectivity index (χ0v) is 18.4. The zero-order valence-electron chi connectivity index (χ0n) is 16.1. The van der Waals surface area contributed by atoms with Crippen LogP contribution in [-0.4, -0.2) is 26.3 Å². The molecular formula is C21H19Cl2N3O3S. The molecule has 30 heavy (non-hydrogen) atoms. The largest absolute Gasteiger partial charge is 0.489 e. The lowest BCUT2D eigenvalue weighted by Crippen LogP contribution is -1.98. The average Bonchev–Trinajstić information content (AvgIpc) is 3.16. The molecule has 3 aromatic rings. The number of nitrogens with zero attached hydrogens (tertiary/aromatic N) is 2. The second-order valence-corrected chi connectivity index (χ2v) is 8.16. The van der Waals surface area contributed by atoms with Crippen LogP contribution in [0.25, 0.3) is 6.08 Å². The highest BCUT2D eigenvalue weighted by molar-refractivity contribution is 8.04. The molecule has 6 nitrogen and oxygen atoms in total. The number of carboxylic acid groups (broad SMARTS) is 1. The zero-order chi connectivity index (χ0) is 21.5. The van der Waals surface area contributed by atoms with Crippen LogP contribution in [0.3, 0.4) is 0 Å². The number of carbonyl (C=O) groups is 1. The van der Waals surface area contributed by atoms with E-state index in [4.69, 9.17) is 27.9 Å². The van der Waals surface area contributed by atoms with Crippen LogP contribution in [0.1, 0.15) is 30.3 Å². The summed E-state index contributed by atoms with van der Waals surface area (Å²) in [5.41, 5.74) is 1.57. The Morgan fingerprint density at radius 1 is 1.23 bits per heavy atom. The number of thioether (sulfide) groups is 1. The van der Waals surface area contributed by atoms with Crippen molar-refractivity contribution in [1.29, 1.82) is 0 Å². The summed E-state index contributed by atoms with van der Waals surface area (Å²) in [4.78, 5) is 16.1. The summed E-state index contributed by atoms with van der Waals surface area (Å²) in [6.07, 6.45) is 3.25. The molecule has 0 unspecified atom stereocenters. The van der Waals surface area contributed by atoms with Crippen molar-refractivity contribution in [2.75, 3.05) is 0 Å². The molecule has 0 spiro atoms. The van der Waals surface area contributed by atoms with Crippen LogP contribution in [0.15, 0.2) is 52.5 Å². The highest BCUT2D eigenvalue weighted by atomic mass is 35.5. The lowest BCUT2D eigenvalue weighted by atomic mass is 10.2. The van der Waals surface area contributed by atoms with Gasteiger partial charge in [-0.2, -0.15) is 0 Å². The van der Waals surface area contributed by atoms with Gasteiger partial charge in [-0.25, -0.2) is 9.78 Å². The summed E-state index contributed by atoms with van der Waals surface area (Å²) < 4.78 is 5.80. The Balaban J connectivity index is 1.72. The topological polar surface area (TPSA) is 88.1 Å². The number of benzene rings is 2. The third-order valence-corrected chi connectivity index (χ3v) is 5.57. The quantitative estimate of drug-likeness (QED) is 0.305. The van der Waals surface area contributed by atoms with E-state index in [9.17, 15) is 9.90 Å². The minimum atomic E-state index is -1.05. The summed E-state index contributed by atoms with van der Waals surface area (Å²) >= 11 is 13.0. The standard InChI is InChI=1S/C21H19Cl2N3O3S/c1-2-4-19-24-21(26-25-19)30-18(20(27)28)11-13-5-3-6-15(9-13)29-12-14-7-8-16(22)17(23)10-14/h3,5-11H,2,4,12H2,1H3,(H,27,28)(H,24,25,26). The molecule has 0 saturated carbocycles. The predicted octanol–water partition coefficient (Wildman–Crippen LogP) is 5.86. The lowest BCUT2D eigenvalue weighted by Gasteiger charge is -2.08. The number of rotatable bonds is 9. The maximum Gasteiger partial charge on any atom is 0.342 e. The van der Waals surface area contributed by atoms with Crippen molar-refractivity contribution in [2.24, 2.45) is 0 Å². The summed E-state index contributed by atoms with van der Waals surface area (Å²) in [5.74, 6) is 0.291. The van der Waals surface area contributed by atoms with Gasteiger partial charge in [-0.3, -0.25) is 5.10 Å². The van der Waals surface area contributed by atoms with Gasteiger partial charge in [0, 0.05) is 6.42 Å². The van der Waals surface area contributed by atoms with Gasteiger partial charge in [0.05, 0.1) is 10.0 Å². The van der Waals surface area contributed by atoms with E-state index < -0.39 is 5.97 Å².